The summed E-state index contributed by atoms with van der Waals surface area (Å²) >= 11 is 0. The fraction of sp³-hybridized carbons (Fsp3) is 0.600. The number of amides is 2. The third-order valence-corrected chi connectivity index (χ3v) is 5.70. The van der Waals surface area contributed by atoms with Crippen molar-refractivity contribution < 1.29 is 9.59 Å². The zero-order valence-electron chi connectivity index (χ0n) is 15.0. The summed E-state index contributed by atoms with van der Waals surface area (Å²) in [5.41, 5.74) is 6.78. The second kappa shape index (κ2) is 7.56. The van der Waals surface area contributed by atoms with E-state index in [2.05, 4.69) is 5.32 Å². The summed E-state index contributed by atoms with van der Waals surface area (Å²) in [7, 11) is 0. The molecule has 1 saturated heterocycles. The molecule has 1 saturated carbocycles. The van der Waals surface area contributed by atoms with Crippen LogP contribution in [-0.2, 0) is 9.59 Å². The Morgan fingerprint density at radius 3 is 2.64 bits per heavy atom. The summed E-state index contributed by atoms with van der Waals surface area (Å²) in [6.07, 6.45) is 5.62. The monoisotopic (exact) mass is 343 g/mol. The number of carbonyl (C=O) groups is 2. The van der Waals surface area contributed by atoms with Gasteiger partial charge in [-0.25, -0.2) is 0 Å². The van der Waals surface area contributed by atoms with Crippen LogP contribution in [0.2, 0.25) is 0 Å². The minimum absolute atomic E-state index is 0.00264. The smallest absolute Gasteiger partial charge is 0.229 e. The minimum Gasteiger partial charge on any atom is -0.342 e. The molecule has 25 heavy (non-hydrogen) atoms. The van der Waals surface area contributed by atoms with Crippen LogP contribution in [0.4, 0.5) is 5.69 Å². The highest BCUT2D eigenvalue weighted by atomic mass is 16.2. The fourth-order valence-electron chi connectivity index (χ4n) is 4.14. The molecule has 3 unspecified atom stereocenters. The fourth-order valence-corrected chi connectivity index (χ4v) is 4.14. The van der Waals surface area contributed by atoms with Crippen LogP contribution in [0.15, 0.2) is 30.3 Å². The second-order valence-corrected chi connectivity index (χ2v) is 7.78. The van der Waals surface area contributed by atoms with Gasteiger partial charge in [-0.2, -0.15) is 0 Å². The number of nitrogens with zero attached hydrogens (tertiary/aromatic N) is 1. The first kappa shape index (κ1) is 17.9. The second-order valence-electron chi connectivity index (χ2n) is 7.78. The molecule has 2 aliphatic rings. The topological polar surface area (TPSA) is 75.4 Å². The van der Waals surface area contributed by atoms with Gasteiger partial charge in [-0.05, 0) is 44.7 Å². The highest BCUT2D eigenvalue weighted by Crippen LogP contribution is 2.34. The predicted octanol–water partition coefficient (Wildman–Crippen LogP) is 2.77. The molecule has 5 heteroatoms. The van der Waals surface area contributed by atoms with Crippen molar-refractivity contribution >= 4 is 17.5 Å². The summed E-state index contributed by atoms with van der Waals surface area (Å²) in [6.45, 7) is 3.24. The molecule has 1 aromatic carbocycles. The van der Waals surface area contributed by atoms with Gasteiger partial charge in [0, 0.05) is 24.3 Å². The number of para-hydroxylation sites is 1. The number of anilines is 1. The molecule has 1 aliphatic heterocycles. The number of piperidine rings is 1. The van der Waals surface area contributed by atoms with Gasteiger partial charge in [0.25, 0.3) is 0 Å². The first-order valence-electron chi connectivity index (χ1n) is 9.41. The van der Waals surface area contributed by atoms with E-state index in [1.165, 1.54) is 0 Å². The van der Waals surface area contributed by atoms with Crippen molar-refractivity contribution in [1.29, 1.82) is 0 Å². The van der Waals surface area contributed by atoms with E-state index in [-0.39, 0.29) is 23.7 Å². The molecule has 136 valence electrons. The van der Waals surface area contributed by atoms with E-state index in [1.807, 2.05) is 42.2 Å². The summed E-state index contributed by atoms with van der Waals surface area (Å²) in [6, 6.07) is 9.48. The normalized spacial score (nSPS) is 29.9. The Hall–Kier alpha value is -1.88. The van der Waals surface area contributed by atoms with Gasteiger partial charge in [0.05, 0.1) is 11.8 Å². The standard InChI is InChI=1S/C20H29N3O2/c1-20(21)12-6-5-11-17(20)19(25)23-13-7-8-15(14-23)18(24)22-16-9-3-2-4-10-16/h2-4,9-10,15,17H,5-8,11-14,21H2,1H3,(H,22,24). The number of likely N-dealkylation sites (tertiary alicyclic amines) is 1. The summed E-state index contributed by atoms with van der Waals surface area (Å²) in [5.74, 6) is -0.118. The van der Waals surface area contributed by atoms with E-state index in [1.54, 1.807) is 0 Å². The lowest BCUT2D eigenvalue weighted by molar-refractivity contribution is -0.141. The maximum Gasteiger partial charge on any atom is 0.229 e. The van der Waals surface area contributed by atoms with Gasteiger partial charge in [0.2, 0.25) is 11.8 Å². The molecular formula is C20H29N3O2. The van der Waals surface area contributed by atoms with Crippen molar-refractivity contribution in [3.63, 3.8) is 0 Å². The van der Waals surface area contributed by atoms with E-state index in [0.29, 0.717) is 6.54 Å². The van der Waals surface area contributed by atoms with Gasteiger partial charge in [-0.3, -0.25) is 9.59 Å². The molecular weight excluding hydrogens is 314 g/mol. The molecule has 0 radical (unpaired) electrons. The van der Waals surface area contributed by atoms with Crippen molar-refractivity contribution in [2.45, 2.75) is 51.0 Å². The highest BCUT2D eigenvalue weighted by molar-refractivity contribution is 5.93. The van der Waals surface area contributed by atoms with Gasteiger partial charge in [0.1, 0.15) is 0 Å². The van der Waals surface area contributed by atoms with Crippen LogP contribution in [0, 0.1) is 11.8 Å². The lowest BCUT2D eigenvalue weighted by Gasteiger charge is -2.42. The zero-order valence-corrected chi connectivity index (χ0v) is 15.0. The molecule has 0 aromatic heterocycles. The van der Waals surface area contributed by atoms with Crippen molar-refractivity contribution in [3.05, 3.63) is 30.3 Å². The maximum atomic E-state index is 13.0. The van der Waals surface area contributed by atoms with Gasteiger partial charge >= 0.3 is 0 Å². The first-order valence-corrected chi connectivity index (χ1v) is 9.41. The lowest BCUT2D eigenvalue weighted by Crippen LogP contribution is -2.55. The number of carbonyl (C=O) groups excluding carboxylic acids is 2. The van der Waals surface area contributed by atoms with Gasteiger partial charge in [-0.1, -0.05) is 31.0 Å². The quantitative estimate of drug-likeness (QED) is 0.886. The van der Waals surface area contributed by atoms with Crippen molar-refractivity contribution in [2.75, 3.05) is 18.4 Å². The molecule has 1 aromatic rings. The minimum atomic E-state index is -0.422. The van der Waals surface area contributed by atoms with Crippen LogP contribution < -0.4 is 11.1 Å². The molecule has 0 bridgehead atoms. The Balaban J connectivity index is 1.62. The number of hydrogen-bond acceptors (Lipinski definition) is 3. The van der Waals surface area contributed by atoms with E-state index >= 15 is 0 Å². The SMILES string of the molecule is CC1(N)CCCCC1C(=O)N1CCCC(C(=O)Nc2ccccc2)C1. The lowest BCUT2D eigenvalue weighted by atomic mass is 9.73. The molecule has 1 heterocycles. The molecule has 3 atom stereocenters. The van der Waals surface area contributed by atoms with E-state index in [0.717, 1.165) is 50.8 Å². The van der Waals surface area contributed by atoms with Gasteiger partial charge in [-0.15, -0.1) is 0 Å². The number of nitrogens with one attached hydrogen (secondary N) is 1. The summed E-state index contributed by atoms with van der Waals surface area (Å²) in [5, 5.41) is 2.97. The molecule has 5 nitrogen and oxygen atoms in total. The zero-order chi connectivity index (χ0) is 17.9. The van der Waals surface area contributed by atoms with Crippen molar-refractivity contribution in [1.82, 2.24) is 4.90 Å². The van der Waals surface area contributed by atoms with Crippen molar-refractivity contribution in [3.8, 4) is 0 Å². The highest BCUT2D eigenvalue weighted by Gasteiger charge is 2.41. The van der Waals surface area contributed by atoms with Crippen LogP contribution in [0.3, 0.4) is 0 Å². The molecule has 3 N–H and O–H groups in total. The Morgan fingerprint density at radius 2 is 1.92 bits per heavy atom. The Labute approximate surface area is 150 Å². The Kier molecular flexibility index (Phi) is 5.42. The van der Waals surface area contributed by atoms with Crippen LogP contribution in [0.5, 0.6) is 0 Å². The van der Waals surface area contributed by atoms with Crippen LogP contribution in [0.1, 0.15) is 45.4 Å². The van der Waals surface area contributed by atoms with Crippen molar-refractivity contribution in [2.24, 2.45) is 17.6 Å². The number of hydrogen-bond donors (Lipinski definition) is 2. The molecule has 1 aliphatic carbocycles. The van der Waals surface area contributed by atoms with Gasteiger partial charge in [0.15, 0.2) is 0 Å². The Bertz CT molecular complexity index is 615. The summed E-state index contributed by atoms with van der Waals surface area (Å²) < 4.78 is 0. The molecule has 2 amide bonds. The van der Waals surface area contributed by atoms with Crippen LogP contribution in [-0.4, -0.2) is 35.3 Å². The predicted molar refractivity (Wildman–Crippen MR) is 98.9 cm³/mol. The average Bonchev–Trinajstić information content (AvgIpc) is 2.62. The van der Waals surface area contributed by atoms with E-state index in [4.69, 9.17) is 5.73 Å². The van der Waals surface area contributed by atoms with Crippen LogP contribution in [0.25, 0.3) is 0 Å². The average molecular weight is 343 g/mol. The first-order chi connectivity index (χ1) is 12.0. The molecule has 0 spiro atoms. The van der Waals surface area contributed by atoms with Crippen LogP contribution >= 0.6 is 0 Å². The molecule has 3 rings (SSSR count). The maximum absolute atomic E-state index is 13.0. The van der Waals surface area contributed by atoms with E-state index in [9.17, 15) is 9.59 Å². The number of rotatable bonds is 3. The van der Waals surface area contributed by atoms with E-state index < -0.39 is 5.54 Å². The van der Waals surface area contributed by atoms with Gasteiger partial charge < -0.3 is 16.0 Å². The third-order valence-electron chi connectivity index (χ3n) is 5.70. The third kappa shape index (κ3) is 4.21. The largest absolute Gasteiger partial charge is 0.342 e. The number of nitrogens with two attached hydrogens (primary N) is 1. The summed E-state index contributed by atoms with van der Waals surface area (Å²) in [4.78, 5) is 27.4. The molecule has 2 fully saturated rings. The Morgan fingerprint density at radius 1 is 1.16 bits per heavy atom. The number of benzene rings is 1.